The molecule has 0 saturated heterocycles. The van der Waals surface area contributed by atoms with Crippen molar-refractivity contribution in [3.05, 3.63) is 59.4 Å². The SMILES string of the molecule is Cc1cccc(C)c1NC(=O)CCCN(C)S(=O)(=O)c1ccc(F)cc1. The van der Waals surface area contributed by atoms with Crippen molar-refractivity contribution in [1.82, 2.24) is 4.31 Å². The minimum atomic E-state index is -3.69. The Morgan fingerprint density at radius 1 is 1.08 bits per heavy atom. The zero-order chi connectivity index (χ0) is 19.3. The van der Waals surface area contributed by atoms with E-state index in [2.05, 4.69) is 5.32 Å². The number of carbonyl (C=O) groups excluding carboxylic acids is 1. The number of hydrogen-bond donors (Lipinski definition) is 1. The summed E-state index contributed by atoms with van der Waals surface area (Å²) in [6.07, 6.45) is 0.588. The number of amides is 1. The molecule has 0 aliphatic carbocycles. The lowest BCUT2D eigenvalue weighted by Gasteiger charge is -2.17. The summed E-state index contributed by atoms with van der Waals surface area (Å²) in [5.41, 5.74) is 2.76. The molecule has 0 saturated carbocycles. The minimum Gasteiger partial charge on any atom is -0.326 e. The molecule has 0 unspecified atom stereocenters. The predicted molar refractivity (Wildman–Crippen MR) is 100.0 cm³/mol. The molecule has 1 N–H and O–H groups in total. The molecule has 0 aromatic heterocycles. The molecular weight excluding hydrogens is 355 g/mol. The van der Waals surface area contributed by atoms with Gasteiger partial charge in [0.2, 0.25) is 15.9 Å². The Morgan fingerprint density at radius 3 is 2.23 bits per heavy atom. The van der Waals surface area contributed by atoms with Gasteiger partial charge in [0, 0.05) is 25.7 Å². The van der Waals surface area contributed by atoms with Crippen LogP contribution in [0.3, 0.4) is 0 Å². The van der Waals surface area contributed by atoms with Crippen molar-refractivity contribution < 1.29 is 17.6 Å². The Balaban J connectivity index is 1.90. The second-order valence-corrected chi connectivity index (χ2v) is 8.24. The molecule has 0 spiro atoms. The summed E-state index contributed by atoms with van der Waals surface area (Å²) >= 11 is 0. The molecule has 0 radical (unpaired) electrons. The highest BCUT2D eigenvalue weighted by atomic mass is 32.2. The molecule has 140 valence electrons. The van der Waals surface area contributed by atoms with Gasteiger partial charge < -0.3 is 5.32 Å². The van der Waals surface area contributed by atoms with Gasteiger partial charge in [0.25, 0.3) is 0 Å². The van der Waals surface area contributed by atoms with E-state index in [1.807, 2.05) is 32.0 Å². The third-order valence-corrected chi connectivity index (χ3v) is 6.02. The van der Waals surface area contributed by atoms with Crippen molar-refractivity contribution in [2.24, 2.45) is 0 Å². The molecule has 0 heterocycles. The first kappa shape index (κ1) is 20.1. The topological polar surface area (TPSA) is 66.5 Å². The van der Waals surface area contributed by atoms with E-state index >= 15 is 0 Å². The van der Waals surface area contributed by atoms with Gasteiger partial charge >= 0.3 is 0 Å². The van der Waals surface area contributed by atoms with Crippen LogP contribution in [0.2, 0.25) is 0 Å². The molecule has 2 rings (SSSR count). The van der Waals surface area contributed by atoms with Crippen LogP contribution in [-0.2, 0) is 14.8 Å². The molecule has 0 fully saturated rings. The van der Waals surface area contributed by atoms with Crippen molar-refractivity contribution in [2.75, 3.05) is 18.9 Å². The molecule has 0 bridgehead atoms. The number of anilines is 1. The van der Waals surface area contributed by atoms with Crippen LogP contribution in [0.1, 0.15) is 24.0 Å². The molecule has 1 amide bonds. The van der Waals surface area contributed by atoms with E-state index in [-0.39, 0.29) is 23.8 Å². The number of aryl methyl sites for hydroxylation is 2. The Labute approximate surface area is 153 Å². The molecule has 2 aromatic rings. The first-order valence-corrected chi connectivity index (χ1v) is 9.74. The van der Waals surface area contributed by atoms with Gasteiger partial charge in [0.1, 0.15) is 5.82 Å². The van der Waals surface area contributed by atoms with E-state index in [9.17, 15) is 17.6 Å². The minimum absolute atomic E-state index is 0.0291. The highest BCUT2D eigenvalue weighted by molar-refractivity contribution is 7.89. The Morgan fingerprint density at radius 2 is 1.65 bits per heavy atom. The summed E-state index contributed by atoms with van der Waals surface area (Å²) < 4.78 is 38.9. The average Bonchev–Trinajstić information content (AvgIpc) is 2.58. The standard InChI is InChI=1S/C19H23FN2O3S/c1-14-6-4-7-15(2)19(14)21-18(23)8-5-13-22(3)26(24,25)17-11-9-16(20)10-12-17/h4,6-7,9-12H,5,8,13H2,1-3H3,(H,21,23). The third kappa shape index (κ3) is 4.89. The summed E-state index contributed by atoms with van der Waals surface area (Å²) in [5.74, 6) is -0.648. The van der Waals surface area contributed by atoms with Crippen molar-refractivity contribution in [2.45, 2.75) is 31.6 Å². The van der Waals surface area contributed by atoms with Crippen molar-refractivity contribution in [3.63, 3.8) is 0 Å². The summed E-state index contributed by atoms with van der Waals surface area (Å²) in [6, 6.07) is 10.5. The number of nitrogens with zero attached hydrogens (tertiary/aromatic N) is 1. The Kier molecular flexibility index (Phi) is 6.50. The molecule has 26 heavy (non-hydrogen) atoms. The second-order valence-electron chi connectivity index (χ2n) is 6.20. The van der Waals surface area contributed by atoms with Crippen LogP contribution < -0.4 is 5.32 Å². The predicted octanol–water partition coefficient (Wildman–Crippen LogP) is 3.48. The summed E-state index contributed by atoms with van der Waals surface area (Å²) in [4.78, 5) is 12.2. The molecule has 0 aliphatic heterocycles. The highest BCUT2D eigenvalue weighted by Gasteiger charge is 2.20. The number of hydrogen-bond acceptors (Lipinski definition) is 3. The first-order chi connectivity index (χ1) is 12.2. The number of para-hydroxylation sites is 1. The number of carbonyl (C=O) groups is 1. The number of rotatable bonds is 7. The maximum absolute atomic E-state index is 13.0. The number of benzene rings is 2. The fourth-order valence-corrected chi connectivity index (χ4v) is 3.79. The van der Waals surface area contributed by atoms with Crippen LogP contribution in [0.25, 0.3) is 0 Å². The van der Waals surface area contributed by atoms with E-state index in [0.717, 1.165) is 28.9 Å². The largest absolute Gasteiger partial charge is 0.326 e. The summed E-state index contributed by atoms with van der Waals surface area (Å²) in [7, 11) is -2.24. The molecule has 0 atom stereocenters. The summed E-state index contributed by atoms with van der Waals surface area (Å²) in [6.45, 7) is 4.04. The second kappa shape index (κ2) is 8.42. The van der Waals surface area contributed by atoms with Gasteiger partial charge in [-0.25, -0.2) is 17.1 Å². The Bertz CT molecular complexity index is 860. The lowest BCUT2D eigenvalue weighted by molar-refractivity contribution is -0.116. The molecular formula is C19H23FN2O3S. The van der Waals surface area contributed by atoms with E-state index in [1.165, 1.54) is 23.5 Å². The normalized spacial score (nSPS) is 11.6. The summed E-state index contributed by atoms with van der Waals surface area (Å²) in [5, 5.41) is 2.88. The quantitative estimate of drug-likeness (QED) is 0.802. The highest BCUT2D eigenvalue weighted by Crippen LogP contribution is 2.20. The fourth-order valence-electron chi connectivity index (χ4n) is 2.58. The van der Waals surface area contributed by atoms with Crippen LogP contribution >= 0.6 is 0 Å². The van der Waals surface area contributed by atoms with E-state index in [0.29, 0.717) is 6.42 Å². The van der Waals surface area contributed by atoms with E-state index in [1.54, 1.807) is 0 Å². The van der Waals surface area contributed by atoms with Gasteiger partial charge in [0.05, 0.1) is 4.90 Å². The van der Waals surface area contributed by atoms with Crippen molar-refractivity contribution in [1.29, 1.82) is 0 Å². The number of halogens is 1. The maximum Gasteiger partial charge on any atom is 0.242 e. The van der Waals surface area contributed by atoms with E-state index < -0.39 is 15.8 Å². The van der Waals surface area contributed by atoms with Crippen LogP contribution in [0.15, 0.2) is 47.4 Å². The van der Waals surface area contributed by atoms with E-state index in [4.69, 9.17) is 0 Å². The zero-order valence-corrected chi connectivity index (χ0v) is 15.9. The van der Waals surface area contributed by atoms with Gasteiger partial charge in [-0.1, -0.05) is 18.2 Å². The lowest BCUT2D eigenvalue weighted by atomic mass is 10.1. The van der Waals surface area contributed by atoms with Gasteiger partial charge in [-0.2, -0.15) is 0 Å². The molecule has 5 nitrogen and oxygen atoms in total. The van der Waals surface area contributed by atoms with Crippen LogP contribution in [0.4, 0.5) is 10.1 Å². The smallest absolute Gasteiger partial charge is 0.242 e. The van der Waals surface area contributed by atoms with Crippen molar-refractivity contribution >= 4 is 21.6 Å². The number of sulfonamides is 1. The monoisotopic (exact) mass is 378 g/mol. The van der Waals surface area contributed by atoms with Crippen molar-refractivity contribution in [3.8, 4) is 0 Å². The number of nitrogens with one attached hydrogen (secondary N) is 1. The molecule has 7 heteroatoms. The van der Waals surface area contributed by atoms with Gasteiger partial charge in [-0.15, -0.1) is 0 Å². The fraction of sp³-hybridized carbons (Fsp3) is 0.316. The van der Waals surface area contributed by atoms with Crippen LogP contribution in [0, 0.1) is 19.7 Å². The molecule has 0 aliphatic rings. The first-order valence-electron chi connectivity index (χ1n) is 8.30. The van der Waals surface area contributed by atoms with Crippen LogP contribution in [0.5, 0.6) is 0 Å². The van der Waals surface area contributed by atoms with Gasteiger partial charge in [-0.05, 0) is 55.7 Å². The average molecular weight is 378 g/mol. The van der Waals surface area contributed by atoms with Crippen LogP contribution in [-0.4, -0.2) is 32.2 Å². The zero-order valence-electron chi connectivity index (χ0n) is 15.1. The van der Waals surface area contributed by atoms with Gasteiger partial charge in [0.15, 0.2) is 0 Å². The molecule has 2 aromatic carbocycles. The Hall–Kier alpha value is -2.25. The van der Waals surface area contributed by atoms with Gasteiger partial charge in [-0.3, -0.25) is 4.79 Å². The maximum atomic E-state index is 13.0. The third-order valence-electron chi connectivity index (χ3n) is 4.14. The lowest BCUT2D eigenvalue weighted by Crippen LogP contribution is -2.28.